The molecule has 0 aliphatic carbocycles. The molecule has 6 heteroatoms. The number of carbonyl (C=O) groups is 1. The van der Waals surface area contributed by atoms with Gasteiger partial charge in [-0.2, -0.15) is 0 Å². The molecular weight excluding hydrogens is 248 g/mol. The number of rotatable bonds is 3. The lowest BCUT2D eigenvalue weighted by atomic mass is 10.2. The first-order chi connectivity index (χ1) is 9.11. The van der Waals surface area contributed by atoms with Crippen LogP contribution in [-0.2, 0) is 9.53 Å². The van der Waals surface area contributed by atoms with Crippen LogP contribution in [0, 0.1) is 6.92 Å². The van der Waals surface area contributed by atoms with Gasteiger partial charge in [0.2, 0.25) is 5.69 Å². The van der Waals surface area contributed by atoms with Crippen LogP contribution in [0.4, 0.5) is 0 Å². The smallest absolute Gasteiger partial charge is 0.435 e. The zero-order chi connectivity index (χ0) is 13.8. The molecule has 0 saturated carbocycles. The van der Waals surface area contributed by atoms with Crippen LogP contribution in [0.15, 0.2) is 39.7 Å². The minimum Gasteiger partial charge on any atom is -0.466 e. The largest absolute Gasteiger partial charge is 0.466 e. The van der Waals surface area contributed by atoms with Crippen molar-refractivity contribution in [2.24, 2.45) is 0 Å². The first-order valence-electron chi connectivity index (χ1n) is 5.58. The number of methoxy groups -OCH3 is 1. The van der Waals surface area contributed by atoms with Crippen molar-refractivity contribution in [3.63, 3.8) is 0 Å². The number of aromatic nitrogens is 2. The molecule has 1 aromatic carbocycles. The number of nitrogens with one attached hydrogen (secondary N) is 1. The highest BCUT2D eigenvalue weighted by Crippen LogP contribution is 2.03. The normalized spacial score (nSPS) is 10.8. The van der Waals surface area contributed by atoms with Crippen LogP contribution in [0.2, 0.25) is 0 Å². The number of aromatic amines is 1. The number of aryl methyl sites for hydroxylation is 1. The van der Waals surface area contributed by atoms with E-state index < -0.39 is 11.6 Å². The number of hydrogen-bond acceptors (Lipinski definition) is 4. The van der Waals surface area contributed by atoms with E-state index in [1.807, 2.05) is 31.2 Å². The van der Waals surface area contributed by atoms with Gasteiger partial charge in [-0.1, -0.05) is 17.7 Å². The fourth-order valence-electron chi connectivity index (χ4n) is 1.52. The molecule has 98 valence electrons. The molecule has 1 N–H and O–H groups in total. The quantitative estimate of drug-likeness (QED) is 0.502. The van der Waals surface area contributed by atoms with Gasteiger partial charge in [-0.15, -0.1) is 0 Å². The molecule has 1 heterocycles. The average molecular weight is 261 g/mol. The standard InChI is InChI=1S/C13H12N2O4/c1-9-3-5-10(6-4-9)15-11(13(17)19-14-15)7-8-12(16)18-2/h3-8H,1-2H3/p+1. The van der Waals surface area contributed by atoms with Crippen molar-refractivity contribution in [3.05, 3.63) is 52.0 Å². The van der Waals surface area contributed by atoms with Crippen LogP contribution in [0.3, 0.4) is 0 Å². The highest BCUT2D eigenvalue weighted by molar-refractivity contribution is 5.86. The zero-order valence-electron chi connectivity index (χ0n) is 10.5. The molecule has 0 atom stereocenters. The maximum absolute atomic E-state index is 11.6. The molecule has 6 nitrogen and oxygen atoms in total. The van der Waals surface area contributed by atoms with Gasteiger partial charge in [-0.25, -0.2) is 9.59 Å². The molecule has 0 amide bonds. The van der Waals surface area contributed by atoms with Gasteiger partial charge in [0.15, 0.2) is 0 Å². The maximum Gasteiger partial charge on any atom is 0.435 e. The third kappa shape index (κ3) is 2.79. The lowest BCUT2D eigenvalue weighted by Gasteiger charge is -1.92. The van der Waals surface area contributed by atoms with Crippen LogP contribution in [0.25, 0.3) is 11.8 Å². The molecular formula is C13H13N2O4+. The van der Waals surface area contributed by atoms with E-state index >= 15 is 0 Å². The second-order valence-corrected chi connectivity index (χ2v) is 3.89. The van der Waals surface area contributed by atoms with E-state index in [9.17, 15) is 9.59 Å². The number of carbonyl (C=O) groups excluding carboxylic acids is 1. The van der Waals surface area contributed by atoms with Crippen molar-refractivity contribution >= 4 is 12.0 Å². The van der Waals surface area contributed by atoms with Crippen molar-refractivity contribution in [1.29, 1.82) is 0 Å². The molecule has 0 fully saturated rings. The predicted octanol–water partition coefficient (Wildman–Crippen LogP) is 0.739. The summed E-state index contributed by atoms with van der Waals surface area (Å²) in [5.41, 5.74) is 1.46. The molecule has 0 unspecified atom stereocenters. The molecule has 0 spiro atoms. The zero-order valence-corrected chi connectivity index (χ0v) is 10.5. The Morgan fingerprint density at radius 1 is 1.37 bits per heavy atom. The highest BCUT2D eigenvalue weighted by atomic mass is 16.5. The van der Waals surface area contributed by atoms with Crippen LogP contribution >= 0.6 is 0 Å². The summed E-state index contributed by atoms with van der Waals surface area (Å²) in [5, 5.41) is 2.48. The van der Waals surface area contributed by atoms with Crippen molar-refractivity contribution in [2.45, 2.75) is 6.92 Å². The Kier molecular flexibility index (Phi) is 3.61. The molecule has 2 aromatic rings. The summed E-state index contributed by atoms with van der Waals surface area (Å²) in [4.78, 5) is 22.6. The van der Waals surface area contributed by atoms with E-state index in [2.05, 4.69) is 10.0 Å². The molecule has 2 rings (SSSR count). The van der Waals surface area contributed by atoms with E-state index in [0.717, 1.165) is 17.3 Å². The topological polar surface area (TPSA) is 76.2 Å². The van der Waals surface area contributed by atoms with Crippen LogP contribution in [-0.4, -0.2) is 18.4 Å². The second kappa shape index (κ2) is 5.34. The summed E-state index contributed by atoms with van der Waals surface area (Å²) in [6.45, 7) is 1.96. The Hall–Kier alpha value is -2.63. The maximum atomic E-state index is 11.6. The number of ether oxygens (including phenoxy) is 1. The Labute approximate surface area is 108 Å². The van der Waals surface area contributed by atoms with Crippen LogP contribution < -0.4 is 10.3 Å². The minimum absolute atomic E-state index is 0.203. The predicted molar refractivity (Wildman–Crippen MR) is 66.6 cm³/mol. The fourth-order valence-corrected chi connectivity index (χ4v) is 1.52. The third-order valence-electron chi connectivity index (χ3n) is 2.55. The first-order valence-corrected chi connectivity index (χ1v) is 5.58. The monoisotopic (exact) mass is 261 g/mol. The number of esters is 1. The van der Waals surface area contributed by atoms with E-state index in [1.54, 1.807) is 0 Å². The number of hydrogen-bond donors (Lipinski definition) is 1. The molecule has 0 aliphatic rings. The van der Waals surface area contributed by atoms with Crippen LogP contribution in [0.5, 0.6) is 0 Å². The van der Waals surface area contributed by atoms with Crippen molar-refractivity contribution in [1.82, 2.24) is 5.27 Å². The van der Waals surface area contributed by atoms with Gasteiger partial charge in [-0.3, -0.25) is 4.52 Å². The summed E-state index contributed by atoms with van der Waals surface area (Å²) >= 11 is 0. The average Bonchev–Trinajstić information content (AvgIpc) is 2.78. The van der Waals surface area contributed by atoms with E-state index in [0.29, 0.717) is 0 Å². The van der Waals surface area contributed by atoms with Gasteiger partial charge in [0.25, 0.3) is 0 Å². The lowest BCUT2D eigenvalue weighted by Crippen LogP contribution is -2.36. The molecule has 0 bridgehead atoms. The van der Waals surface area contributed by atoms with Gasteiger partial charge < -0.3 is 4.74 Å². The Balaban J connectivity index is 2.43. The lowest BCUT2D eigenvalue weighted by molar-refractivity contribution is -0.672. The number of benzene rings is 1. The molecule has 19 heavy (non-hydrogen) atoms. The van der Waals surface area contributed by atoms with Gasteiger partial charge in [0.05, 0.1) is 7.11 Å². The number of nitrogens with zero attached hydrogens (tertiary/aromatic N) is 1. The Morgan fingerprint density at radius 2 is 2.05 bits per heavy atom. The van der Waals surface area contributed by atoms with Gasteiger partial charge >= 0.3 is 17.3 Å². The SMILES string of the molecule is COC(=O)/C=C/c1c(=O)o[nH][n+]1-c1ccc(C)cc1. The molecule has 0 aliphatic heterocycles. The van der Waals surface area contributed by atoms with E-state index in [1.165, 1.54) is 17.9 Å². The van der Waals surface area contributed by atoms with Crippen LogP contribution in [0.1, 0.15) is 11.3 Å². The summed E-state index contributed by atoms with van der Waals surface area (Å²) in [5.74, 6) is -0.545. The molecule has 0 saturated heterocycles. The first kappa shape index (κ1) is 12.8. The third-order valence-corrected chi connectivity index (χ3v) is 2.55. The minimum atomic E-state index is -0.569. The van der Waals surface area contributed by atoms with Crippen molar-refractivity contribution in [2.75, 3.05) is 7.11 Å². The Morgan fingerprint density at radius 3 is 2.68 bits per heavy atom. The highest BCUT2D eigenvalue weighted by Gasteiger charge is 2.20. The summed E-state index contributed by atoms with van der Waals surface area (Å²) in [7, 11) is 1.26. The van der Waals surface area contributed by atoms with E-state index in [-0.39, 0.29) is 5.69 Å². The second-order valence-electron chi connectivity index (χ2n) is 3.89. The Bertz CT molecular complexity index is 665. The van der Waals surface area contributed by atoms with Gasteiger partial charge in [-0.05, 0) is 16.9 Å². The summed E-state index contributed by atoms with van der Waals surface area (Å²) in [6.07, 6.45) is 2.50. The van der Waals surface area contributed by atoms with Crippen molar-refractivity contribution in [3.8, 4) is 5.69 Å². The van der Waals surface area contributed by atoms with E-state index in [4.69, 9.17) is 4.52 Å². The molecule has 1 aromatic heterocycles. The molecule has 0 radical (unpaired) electrons. The fraction of sp³-hybridized carbons (Fsp3) is 0.154. The van der Waals surface area contributed by atoms with Gasteiger partial charge in [0.1, 0.15) is 0 Å². The number of H-pyrrole nitrogens is 1. The summed E-state index contributed by atoms with van der Waals surface area (Å²) < 4.78 is 10.6. The van der Waals surface area contributed by atoms with Gasteiger partial charge in [0, 0.05) is 24.3 Å². The summed E-state index contributed by atoms with van der Waals surface area (Å²) in [6, 6.07) is 7.47. The van der Waals surface area contributed by atoms with Crippen molar-refractivity contribution < 1.29 is 18.7 Å².